The van der Waals surface area contributed by atoms with Gasteiger partial charge >= 0.3 is 0 Å². The van der Waals surface area contributed by atoms with Crippen LogP contribution in [0.15, 0.2) is 42.5 Å². The summed E-state index contributed by atoms with van der Waals surface area (Å²) in [7, 11) is 0. The van der Waals surface area contributed by atoms with Crippen molar-refractivity contribution < 1.29 is 9.53 Å². The Kier molecular flexibility index (Phi) is 8.79. The molecule has 5 heteroatoms. The van der Waals surface area contributed by atoms with Crippen LogP contribution in [0.25, 0.3) is 0 Å². The molecule has 0 heterocycles. The van der Waals surface area contributed by atoms with E-state index in [0.29, 0.717) is 29.4 Å². The van der Waals surface area contributed by atoms with Crippen LogP contribution in [0.4, 0.5) is 0 Å². The summed E-state index contributed by atoms with van der Waals surface area (Å²) in [5.41, 5.74) is 2.12. The Morgan fingerprint density at radius 2 is 1.88 bits per heavy atom. The van der Waals surface area contributed by atoms with Crippen LogP contribution in [0.2, 0.25) is 10.0 Å². The second-order valence-corrected chi connectivity index (χ2v) is 6.99. The van der Waals surface area contributed by atoms with Crippen molar-refractivity contribution in [3.05, 3.63) is 63.6 Å². The van der Waals surface area contributed by atoms with Crippen LogP contribution in [0.1, 0.15) is 37.3 Å². The van der Waals surface area contributed by atoms with Crippen LogP contribution in [-0.4, -0.2) is 19.1 Å². The van der Waals surface area contributed by atoms with Crippen LogP contribution >= 0.6 is 23.2 Å². The number of para-hydroxylation sites is 1. The molecule has 26 heavy (non-hydrogen) atoms. The largest absolute Gasteiger partial charge is 0.493 e. The first kappa shape index (κ1) is 20.6. The molecule has 0 aliphatic carbocycles. The normalized spacial score (nSPS) is 10.6. The highest BCUT2D eigenvalue weighted by Gasteiger charge is 2.07. The van der Waals surface area contributed by atoms with Crippen molar-refractivity contribution in [1.82, 2.24) is 5.32 Å². The molecule has 0 aliphatic rings. The molecular formula is C21H25Cl2NO2. The molecule has 0 bridgehead atoms. The van der Waals surface area contributed by atoms with Gasteiger partial charge in [-0.2, -0.15) is 0 Å². The van der Waals surface area contributed by atoms with E-state index >= 15 is 0 Å². The molecule has 0 atom stereocenters. The van der Waals surface area contributed by atoms with Crippen LogP contribution in [0, 0.1) is 0 Å². The monoisotopic (exact) mass is 393 g/mol. The minimum atomic E-state index is 0.0338. The summed E-state index contributed by atoms with van der Waals surface area (Å²) < 4.78 is 5.76. The third-order valence-electron chi connectivity index (χ3n) is 4.02. The lowest BCUT2D eigenvalue weighted by Gasteiger charge is -2.11. The van der Waals surface area contributed by atoms with Crippen molar-refractivity contribution in [3.8, 4) is 5.75 Å². The first-order valence-corrected chi connectivity index (χ1v) is 9.77. The molecule has 2 aromatic carbocycles. The summed E-state index contributed by atoms with van der Waals surface area (Å²) in [5, 5.41) is 4.18. The number of carbonyl (C=O) groups excluding carboxylic acids is 1. The number of nitrogens with one attached hydrogen (secondary N) is 1. The quantitative estimate of drug-likeness (QED) is 0.543. The van der Waals surface area contributed by atoms with E-state index in [0.717, 1.165) is 37.2 Å². The third-order valence-corrected chi connectivity index (χ3v) is 4.60. The maximum atomic E-state index is 12.0. The first-order valence-electron chi connectivity index (χ1n) is 9.01. The molecule has 1 amide bonds. The van der Waals surface area contributed by atoms with E-state index in [-0.39, 0.29) is 5.91 Å². The number of benzene rings is 2. The Balaban J connectivity index is 1.70. The Morgan fingerprint density at radius 1 is 1.08 bits per heavy atom. The summed E-state index contributed by atoms with van der Waals surface area (Å²) in [6, 6.07) is 13.4. The van der Waals surface area contributed by atoms with E-state index in [2.05, 4.69) is 18.3 Å². The molecule has 2 aromatic rings. The van der Waals surface area contributed by atoms with Gasteiger partial charge in [-0.3, -0.25) is 4.79 Å². The topological polar surface area (TPSA) is 38.3 Å². The number of ether oxygens (including phenoxy) is 1. The Labute approximate surface area is 165 Å². The lowest BCUT2D eigenvalue weighted by atomic mass is 10.1. The standard InChI is InChI=1S/C21H25Cl2NO2/c1-2-14-26-20-8-4-3-6-17(20)7-5-13-24-21(25)12-10-16-9-11-18(22)15-19(16)23/h3-4,6,8-9,11,15H,2,5,7,10,12-14H2,1H3,(H,24,25). The summed E-state index contributed by atoms with van der Waals surface area (Å²) in [4.78, 5) is 12.0. The summed E-state index contributed by atoms with van der Waals surface area (Å²) >= 11 is 12.0. The van der Waals surface area contributed by atoms with Crippen molar-refractivity contribution in [1.29, 1.82) is 0 Å². The minimum absolute atomic E-state index is 0.0338. The summed E-state index contributed by atoms with van der Waals surface area (Å²) in [6.07, 6.45) is 3.76. The summed E-state index contributed by atoms with van der Waals surface area (Å²) in [5.74, 6) is 0.976. The molecule has 0 saturated heterocycles. The highest BCUT2D eigenvalue weighted by atomic mass is 35.5. The summed E-state index contributed by atoms with van der Waals surface area (Å²) in [6.45, 7) is 3.46. The fourth-order valence-corrected chi connectivity index (χ4v) is 3.13. The van der Waals surface area contributed by atoms with Crippen molar-refractivity contribution in [3.63, 3.8) is 0 Å². The highest BCUT2D eigenvalue weighted by molar-refractivity contribution is 6.35. The zero-order valence-corrected chi connectivity index (χ0v) is 16.6. The number of hydrogen-bond donors (Lipinski definition) is 1. The van der Waals surface area contributed by atoms with E-state index < -0.39 is 0 Å². The van der Waals surface area contributed by atoms with E-state index in [1.165, 1.54) is 5.56 Å². The van der Waals surface area contributed by atoms with Crippen LogP contribution < -0.4 is 10.1 Å². The van der Waals surface area contributed by atoms with E-state index in [1.54, 1.807) is 12.1 Å². The maximum Gasteiger partial charge on any atom is 0.220 e. The van der Waals surface area contributed by atoms with Gasteiger partial charge in [0.25, 0.3) is 0 Å². The second-order valence-electron chi connectivity index (χ2n) is 6.15. The molecule has 2 rings (SSSR count). The smallest absolute Gasteiger partial charge is 0.220 e. The fraction of sp³-hybridized carbons (Fsp3) is 0.381. The Morgan fingerprint density at radius 3 is 2.65 bits per heavy atom. The average Bonchev–Trinajstić information content (AvgIpc) is 2.63. The van der Waals surface area contributed by atoms with Gasteiger partial charge < -0.3 is 10.1 Å². The van der Waals surface area contributed by atoms with Crippen molar-refractivity contribution in [2.75, 3.05) is 13.2 Å². The van der Waals surface area contributed by atoms with Gasteiger partial charge in [0.1, 0.15) is 5.75 Å². The first-order chi connectivity index (χ1) is 12.6. The number of amides is 1. The van der Waals surface area contributed by atoms with Crippen molar-refractivity contribution in [2.45, 2.75) is 39.0 Å². The minimum Gasteiger partial charge on any atom is -0.493 e. The number of halogens is 2. The number of aryl methyl sites for hydroxylation is 2. The molecule has 0 fully saturated rings. The lowest BCUT2D eigenvalue weighted by molar-refractivity contribution is -0.121. The average molecular weight is 394 g/mol. The predicted octanol–water partition coefficient (Wildman–Crippen LogP) is 5.46. The van der Waals surface area contributed by atoms with Gasteiger partial charge in [0.2, 0.25) is 5.91 Å². The van der Waals surface area contributed by atoms with E-state index in [4.69, 9.17) is 27.9 Å². The van der Waals surface area contributed by atoms with Crippen LogP contribution in [0.3, 0.4) is 0 Å². The molecule has 0 saturated carbocycles. The molecule has 3 nitrogen and oxygen atoms in total. The maximum absolute atomic E-state index is 12.0. The van der Waals surface area contributed by atoms with Crippen LogP contribution in [-0.2, 0) is 17.6 Å². The zero-order chi connectivity index (χ0) is 18.8. The molecule has 0 aromatic heterocycles. The fourth-order valence-electron chi connectivity index (χ4n) is 2.63. The van der Waals surface area contributed by atoms with Gasteiger partial charge in [0, 0.05) is 23.0 Å². The van der Waals surface area contributed by atoms with Gasteiger partial charge in [0.15, 0.2) is 0 Å². The zero-order valence-electron chi connectivity index (χ0n) is 15.1. The third kappa shape index (κ3) is 6.89. The van der Waals surface area contributed by atoms with Crippen LogP contribution in [0.5, 0.6) is 5.75 Å². The molecule has 0 aliphatic heterocycles. The Hall–Kier alpha value is -1.71. The van der Waals surface area contributed by atoms with Crippen molar-refractivity contribution >= 4 is 29.1 Å². The number of hydrogen-bond acceptors (Lipinski definition) is 2. The van der Waals surface area contributed by atoms with E-state index in [9.17, 15) is 4.79 Å². The second kappa shape index (κ2) is 11.1. The molecule has 1 N–H and O–H groups in total. The molecule has 0 radical (unpaired) electrons. The van der Waals surface area contributed by atoms with Gasteiger partial charge in [0.05, 0.1) is 6.61 Å². The van der Waals surface area contributed by atoms with Gasteiger partial charge in [-0.15, -0.1) is 0 Å². The predicted molar refractivity (Wildman–Crippen MR) is 108 cm³/mol. The highest BCUT2D eigenvalue weighted by Crippen LogP contribution is 2.22. The SMILES string of the molecule is CCCOc1ccccc1CCCNC(=O)CCc1ccc(Cl)cc1Cl. The van der Waals surface area contributed by atoms with Crippen molar-refractivity contribution in [2.24, 2.45) is 0 Å². The number of carbonyl (C=O) groups is 1. The van der Waals surface area contributed by atoms with E-state index in [1.807, 2.05) is 24.3 Å². The lowest BCUT2D eigenvalue weighted by Crippen LogP contribution is -2.25. The van der Waals surface area contributed by atoms with Gasteiger partial charge in [-0.1, -0.05) is 54.4 Å². The van der Waals surface area contributed by atoms with Gasteiger partial charge in [-0.25, -0.2) is 0 Å². The van der Waals surface area contributed by atoms with Gasteiger partial charge in [-0.05, 0) is 55.0 Å². The molecular weight excluding hydrogens is 369 g/mol. The molecule has 0 spiro atoms. The molecule has 0 unspecified atom stereocenters. The molecule has 140 valence electrons. The number of rotatable bonds is 10. The Bertz CT molecular complexity index is 719.